The molecule has 1 aliphatic heterocycles. The number of hydrogen-bond acceptors (Lipinski definition) is 4. The van der Waals surface area contributed by atoms with Crippen LogP contribution in [0.4, 0.5) is 0 Å². The van der Waals surface area contributed by atoms with Crippen molar-refractivity contribution < 1.29 is 14.4 Å². The fourth-order valence-electron chi connectivity index (χ4n) is 3.67. The van der Waals surface area contributed by atoms with Crippen molar-refractivity contribution in [3.05, 3.63) is 57.8 Å². The molecule has 1 atom stereocenters. The molecule has 160 valence electrons. The van der Waals surface area contributed by atoms with E-state index in [2.05, 4.69) is 10.6 Å². The van der Waals surface area contributed by atoms with Gasteiger partial charge in [-0.15, -0.1) is 11.3 Å². The van der Waals surface area contributed by atoms with Crippen molar-refractivity contribution >= 4 is 29.1 Å². The lowest BCUT2D eigenvalue weighted by Crippen LogP contribution is -2.43. The van der Waals surface area contributed by atoms with Crippen LogP contribution in [-0.4, -0.2) is 42.3 Å². The Bertz CT molecular complexity index is 866. The smallest absolute Gasteiger partial charge is 0.261 e. The lowest BCUT2D eigenvalue weighted by molar-refractivity contribution is -0.134. The Hall–Kier alpha value is -2.67. The summed E-state index contributed by atoms with van der Waals surface area (Å²) in [6.07, 6.45) is 4.07. The predicted molar refractivity (Wildman–Crippen MR) is 118 cm³/mol. The van der Waals surface area contributed by atoms with E-state index < -0.39 is 0 Å². The lowest BCUT2D eigenvalue weighted by Gasteiger charge is -2.32. The van der Waals surface area contributed by atoms with Crippen molar-refractivity contribution in [3.63, 3.8) is 0 Å². The number of carbonyl (C=O) groups excluding carboxylic acids is 3. The molecule has 3 amide bonds. The lowest BCUT2D eigenvalue weighted by atomic mass is 10.0. The second kappa shape index (κ2) is 10.9. The van der Waals surface area contributed by atoms with E-state index in [4.69, 9.17) is 0 Å². The van der Waals surface area contributed by atoms with E-state index in [-0.39, 0.29) is 36.7 Å². The van der Waals surface area contributed by atoms with E-state index in [0.29, 0.717) is 18.0 Å². The van der Waals surface area contributed by atoms with Gasteiger partial charge < -0.3 is 15.5 Å². The Labute approximate surface area is 181 Å². The highest BCUT2D eigenvalue weighted by atomic mass is 32.1. The zero-order valence-electron chi connectivity index (χ0n) is 17.4. The Kier molecular flexibility index (Phi) is 8.02. The van der Waals surface area contributed by atoms with Gasteiger partial charge in [0.15, 0.2) is 0 Å². The molecule has 0 aliphatic carbocycles. The largest absolute Gasteiger partial charge is 0.356 e. The molecule has 2 heterocycles. The van der Waals surface area contributed by atoms with Crippen LogP contribution >= 0.6 is 11.3 Å². The number of amides is 3. The summed E-state index contributed by atoms with van der Waals surface area (Å²) in [6.45, 7) is 3.10. The minimum atomic E-state index is -0.349. The Balaban J connectivity index is 1.76. The summed E-state index contributed by atoms with van der Waals surface area (Å²) in [4.78, 5) is 41.5. The first-order chi connectivity index (χ1) is 14.5. The highest BCUT2D eigenvalue weighted by Crippen LogP contribution is 2.26. The summed E-state index contributed by atoms with van der Waals surface area (Å²) < 4.78 is 0. The first kappa shape index (κ1) is 22.0. The van der Waals surface area contributed by atoms with Gasteiger partial charge >= 0.3 is 0 Å². The number of nitrogens with zero attached hydrogens (tertiary/aromatic N) is 1. The molecule has 2 N–H and O–H groups in total. The molecule has 30 heavy (non-hydrogen) atoms. The van der Waals surface area contributed by atoms with Gasteiger partial charge in [-0.3, -0.25) is 14.4 Å². The summed E-state index contributed by atoms with van der Waals surface area (Å²) in [5.41, 5.74) is 0.931. The van der Waals surface area contributed by atoms with E-state index in [1.54, 1.807) is 11.0 Å². The zero-order chi connectivity index (χ0) is 21.3. The van der Waals surface area contributed by atoms with Crippen molar-refractivity contribution in [2.24, 2.45) is 0 Å². The number of rotatable bonds is 4. The molecule has 0 bridgehead atoms. The molecular weight excluding hydrogens is 398 g/mol. The van der Waals surface area contributed by atoms with E-state index in [1.807, 2.05) is 43.3 Å². The van der Waals surface area contributed by atoms with Crippen molar-refractivity contribution in [2.45, 2.75) is 45.1 Å². The third kappa shape index (κ3) is 6.16. The van der Waals surface area contributed by atoms with Crippen LogP contribution in [0.1, 0.15) is 58.3 Å². The predicted octanol–water partition coefficient (Wildman–Crippen LogP) is 3.44. The fourth-order valence-corrected chi connectivity index (χ4v) is 4.46. The Morgan fingerprint density at radius 1 is 1.10 bits per heavy atom. The number of hydrogen-bond donors (Lipinski definition) is 2. The first-order valence-electron chi connectivity index (χ1n) is 10.5. The van der Waals surface area contributed by atoms with E-state index in [9.17, 15) is 14.4 Å². The van der Waals surface area contributed by atoms with Crippen LogP contribution in [0, 0.1) is 6.92 Å². The molecule has 1 aromatic carbocycles. The van der Waals surface area contributed by atoms with Gasteiger partial charge in [0.25, 0.3) is 5.91 Å². The Morgan fingerprint density at radius 3 is 2.60 bits per heavy atom. The number of thiophene rings is 1. The summed E-state index contributed by atoms with van der Waals surface area (Å²) in [6, 6.07) is 13.0. The first-order valence-corrected chi connectivity index (χ1v) is 11.3. The summed E-state index contributed by atoms with van der Waals surface area (Å²) in [7, 11) is 0. The second-order valence-corrected chi connectivity index (χ2v) is 8.86. The van der Waals surface area contributed by atoms with Gasteiger partial charge in [0.05, 0.1) is 23.9 Å². The van der Waals surface area contributed by atoms with Crippen LogP contribution in [0.2, 0.25) is 0 Å². The van der Waals surface area contributed by atoms with Crippen molar-refractivity contribution in [1.29, 1.82) is 0 Å². The topological polar surface area (TPSA) is 78.5 Å². The number of aryl methyl sites for hydroxylation is 1. The standard InChI is InChI=1S/C23H29N3O3S/c1-17-11-12-20(30-17)23(29)25-16-22(28)26-14-8-3-2-7-13-24-21(27)15-19(26)18-9-5-4-6-10-18/h4-6,9-12,19H,2-3,7-8,13-16H2,1H3,(H,24,27)(H,25,29). The van der Waals surface area contributed by atoms with Crippen LogP contribution in [0.25, 0.3) is 0 Å². The fraction of sp³-hybridized carbons (Fsp3) is 0.435. The molecule has 2 aromatic rings. The summed E-state index contributed by atoms with van der Waals surface area (Å²) in [5.74, 6) is -0.465. The molecule has 7 heteroatoms. The molecule has 1 unspecified atom stereocenters. The van der Waals surface area contributed by atoms with Crippen LogP contribution in [0.5, 0.6) is 0 Å². The monoisotopic (exact) mass is 427 g/mol. The highest BCUT2D eigenvalue weighted by Gasteiger charge is 2.27. The van der Waals surface area contributed by atoms with Gasteiger partial charge in [-0.05, 0) is 37.5 Å². The average molecular weight is 428 g/mol. The molecule has 0 radical (unpaired) electrons. The molecule has 3 rings (SSSR count). The molecule has 0 spiro atoms. The Morgan fingerprint density at radius 2 is 1.87 bits per heavy atom. The van der Waals surface area contributed by atoms with Crippen LogP contribution in [-0.2, 0) is 9.59 Å². The molecule has 1 aromatic heterocycles. The second-order valence-electron chi connectivity index (χ2n) is 7.57. The number of benzene rings is 1. The molecule has 1 fully saturated rings. The van der Waals surface area contributed by atoms with E-state index in [0.717, 1.165) is 36.1 Å². The minimum absolute atomic E-state index is 0.0540. The molecular formula is C23H29N3O3S. The minimum Gasteiger partial charge on any atom is -0.356 e. The van der Waals surface area contributed by atoms with Crippen molar-refractivity contribution in [2.75, 3.05) is 19.6 Å². The van der Waals surface area contributed by atoms with Gasteiger partial charge in [0.2, 0.25) is 11.8 Å². The number of carbonyl (C=O) groups is 3. The molecule has 1 saturated heterocycles. The molecule has 0 saturated carbocycles. The van der Waals surface area contributed by atoms with Gasteiger partial charge in [-0.1, -0.05) is 43.2 Å². The van der Waals surface area contributed by atoms with E-state index >= 15 is 0 Å². The maximum Gasteiger partial charge on any atom is 0.261 e. The maximum atomic E-state index is 13.2. The number of nitrogens with one attached hydrogen (secondary N) is 2. The van der Waals surface area contributed by atoms with Gasteiger partial charge in [-0.25, -0.2) is 0 Å². The third-order valence-corrected chi connectivity index (χ3v) is 6.27. The molecule has 1 aliphatic rings. The van der Waals surface area contributed by atoms with Crippen LogP contribution in [0.15, 0.2) is 42.5 Å². The third-order valence-electron chi connectivity index (χ3n) is 5.27. The zero-order valence-corrected chi connectivity index (χ0v) is 18.2. The van der Waals surface area contributed by atoms with E-state index in [1.165, 1.54) is 11.3 Å². The van der Waals surface area contributed by atoms with Gasteiger partial charge in [0.1, 0.15) is 0 Å². The SMILES string of the molecule is Cc1ccc(C(=O)NCC(=O)N2CCCCCCNC(=O)CC2c2ccccc2)s1. The molecule has 6 nitrogen and oxygen atoms in total. The van der Waals surface area contributed by atoms with Gasteiger partial charge in [0, 0.05) is 18.0 Å². The van der Waals surface area contributed by atoms with Crippen molar-refractivity contribution in [1.82, 2.24) is 15.5 Å². The summed E-state index contributed by atoms with van der Waals surface area (Å²) in [5, 5.41) is 5.72. The van der Waals surface area contributed by atoms with Crippen molar-refractivity contribution in [3.8, 4) is 0 Å². The maximum absolute atomic E-state index is 13.2. The summed E-state index contributed by atoms with van der Waals surface area (Å²) >= 11 is 1.40. The quantitative estimate of drug-likeness (QED) is 0.785. The van der Waals surface area contributed by atoms with Gasteiger partial charge in [-0.2, -0.15) is 0 Å². The normalized spacial score (nSPS) is 18.2. The van der Waals surface area contributed by atoms with Crippen LogP contribution in [0.3, 0.4) is 0 Å². The highest BCUT2D eigenvalue weighted by molar-refractivity contribution is 7.13. The van der Waals surface area contributed by atoms with Crippen LogP contribution < -0.4 is 10.6 Å². The average Bonchev–Trinajstić information content (AvgIpc) is 3.17.